The second-order valence-electron chi connectivity index (χ2n) is 11.6. The monoisotopic (exact) mass is 514 g/mol. The lowest BCUT2D eigenvalue weighted by Gasteiger charge is -2.44. The molecule has 200 valence electrons. The molecule has 3 aliphatic rings. The summed E-state index contributed by atoms with van der Waals surface area (Å²) < 4.78 is 0. The van der Waals surface area contributed by atoms with E-state index in [0.29, 0.717) is 18.4 Å². The van der Waals surface area contributed by atoms with E-state index in [1.165, 1.54) is 5.57 Å². The quantitative estimate of drug-likeness (QED) is 0.394. The molecule has 2 heterocycles. The Balaban J connectivity index is 1.58. The predicted octanol–water partition coefficient (Wildman–Crippen LogP) is 4.85. The highest BCUT2D eigenvalue weighted by Gasteiger charge is 2.65. The smallest absolute Gasteiger partial charge is 0.235 e. The number of amides is 1. The van der Waals surface area contributed by atoms with Crippen LogP contribution in [0.3, 0.4) is 0 Å². The SMILES string of the molecule is CC1=C[C@@H]2/C=C/C[C@H](C)/C=C(\C)[C@@H](O)C(=O)CCC(=O)[C@@]23C(=O)N[C@@H](Cc2c[nH]c4ccccc24)[C@@H]3[C@@H]1C. The number of para-hydroxylation sites is 1. The Morgan fingerprint density at radius 1 is 1.03 bits per heavy atom. The maximum Gasteiger partial charge on any atom is 0.235 e. The Labute approximate surface area is 224 Å². The topological polar surface area (TPSA) is 99.3 Å². The number of Topliss-reactive ketones (excluding diaryl/α,β-unsaturated/α-hetero) is 2. The molecule has 2 aliphatic carbocycles. The number of nitrogens with one attached hydrogen (secondary N) is 2. The van der Waals surface area contributed by atoms with Gasteiger partial charge in [0.25, 0.3) is 0 Å². The second-order valence-corrected chi connectivity index (χ2v) is 11.6. The number of hydrogen-bond acceptors (Lipinski definition) is 4. The summed E-state index contributed by atoms with van der Waals surface area (Å²) in [5.74, 6) is -1.34. The molecular weight excluding hydrogens is 476 g/mol. The van der Waals surface area contributed by atoms with Crippen molar-refractivity contribution in [2.24, 2.45) is 29.1 Å². The molecule has 3 N–H and O–H groups in total. The summed E-state index contributed by atoms with van der Waals surface area (Å²) in [5.41, 5.74) is 2.66. The number of fused-ring (bicyclic) bond motifs is 1. The van der Waals surface area contributed by atoms with Gasteiger partial charge in [0.15, 0.2) is 5.78 Å². The molecule has 1 aliphatic heterocycles. The van der Waals surface area contributed by atoms with Crippen LogP contribution >= 0.6 is 0 Å². The molecule has 1 saturated heterocycles. The summed E-state index contributed by atoms with van der Waals surface area (Å²) >= 11 is 0. The number of aliphatic hydroxyl groups excluding tert-OH is 1. The predicted molar refractivity (Wildman–Crippen MR) is 148 cm³/mol. The third kappa shape index (κ3) is 4.29. The Kier molecular flexibility index (Phi) is 7.03. The van der Waals surface area contributed by atoms with E-state index in [-0.39, 0.29) is 60.0 Å². The van der Waals surface area contributed by atoms with Gasteiger partial charge in [0.1, 0.15) is 17.3 Å². The van der Waals surface area contributed by atoms with E-state index >= 15 is 0 Å². The number of carbonyl (C=O) groups excluding carboxylic acids is 3. The van der Waals surface area contributed by atoms with Crippen molar-refractivity contribution in [3.05, 3.63) is 71.5 Å². The molecule has 0 bridgehead atoms. The van der Waals surface area contributed by atoms with Crippen LogP contribution in [-0.4, -0.2) is 39.7 Å². The van der Waals surface area contributed by atoms with Gasteiger partial charge in [-0.05, 0) is 55.7 Å². The molecule has 6 heteroatoms. The van der Waals surface area contributed by atoms with Crippen molar-refractivity contribution in [3.8, 4) is 0 Å². The van der Waals surface area contributed by atoms with Gasteiger partial charge in [-0.1, -0.05) is 61.9 Å². The minimum atomic E-state index is -1.28. The standard InChI is InChI=1S/C32H38N2O4/c1-18-8-7-9-23-15-19(2)21(4)29-26(16-22-17-33-25-11-6-5-10-24(22)25)34-31(38)32(23,29)28(36)13-12-27(35)30(37)20(3)14-18/h5-7,9-11,14-15,17-18,21,23,26,29-30,33,37H,8,12-13,16H2,1-4H3,(H,34,38)/b9-7+,20-14+/t18-,21+,23-,26-,29-,30+,32-/m0/s1. The molecule has 1 spiro atoms. The highest BCUT2D eigenvalue weighted by Crippen LogP contribution is 2.55. The minimum absolute atomic E-state index is 0.0116. The van der Waals surface area contributed by atoms with Crippen LogP contribution in [0.4, 0.5) is 0 Å². The van der Waals surface area contributed by atoms with Gasteiger partial charge < -0.3 is 15.4 Å². The molecule has 6 nitrogen and oxygen atoms in total. The lowest BCUT2D eigenvalue weighted by Crippen LogP contribution is -2.52. The summed E-state index contributed by atoms with van der Waals surface area (Å²) in [4.78, 5) is 44.4. The van der Waals surface area contributed by atoms with Gasteiger partial charge in [-0.15, -0.1) is 0 Å². The lowest BCUT2D eigenvalue weighted by atomic mass is 9.54. The summed E-state index contributed by atoms with van der Waals surface area (Å²) in [6.45, 7) is 8.00. The molecule has 1 aromatic carbocycles. The number of aromatic nitrogens is 1. The van der Waals surface area contributed by atoms with Crippen molar-refractivity contribution in [1.29, 1.82) is 0 Å². The van der Waals surface area contributed by atoms with E-state index in [0.717, 1.165) is 16.5 Å². The Morgan fingerprint density at radius 2 is 1.79 bits per heavy atom. The molecule has 0 saturated carbocycles. The molecule has 2 aromatic rings. The molecular formula is C32H38N2O4. The van der Waals surface area contributed by atoms with Crippen LogP contribution in [0.5, 0.6) is 0 Å². The van der Waals surface area contributed by atoms with Crippen molar-refractivity contribution in [2.75, 3.05) is 0 Å². The molecule has 1 fully saturated rings. The normalized spacial score (nSPS) is 36.6. The third-order valence-corrected chi connectivity index (χ3v) is 9.19. The van der Waals surface area contributed by atoms with Crippen LogP contribution < -0.4 is 5.32 Å². The van der Waals surface area contributed by atoms with Gasteiger partial charge in [0.05, 0.1) is 0 Å². The van der Waals surface area contributed by atoms with Crippen molar-refractivity contribution >= 4 is 28.4 Å². The average Bonchev–Trinajstić information content (AvgIpc) is 3.43. The molecule has 0 radical (unpaired) electrons. The zero-order valence-electron chi connectivity index (χ0n) is 22.7. The van der Waals surface area contributed by atoms with Crippen molar-refractivity contribution in [3.63, 3.8) is 0 Å². The zero-order valence-corrected chi connectivity index (χ0v) is 22.7. The number of aliphatic hydroxyl groups is 1. The minimum Gasteiger partial charge on any atom is -0.381 e. The fourth-order valence-corrected chi connectivity index (χ4v) is 7.12. The first-order valence-corrected chi connectivity index (χ1v) is 13.8. The van der Waals surface area contributed by atoms with Gasteiger partial charge in [0, 0.05) is 47.8 Å². The number of H-pyrrole nitrogens is 1. The Hall–Kier alpha value is -3.25. The summed E-state index contributed by atoms with van der Waals surface area (Å²) in [6.07, 6.45) is 10.0. The van der Waals surface area contributed by atoms with Gasteiger partial charge >= 0.3 is 0 Å². The first-order chi connectivity index (χ1) is 18.1. The zero-order chi connectivity index (χ0) is 27.2. The highest BCUT2D eigenvalue weighted by molar-refractivity contribution is 6.10. The molecule has 1 amide bonds. The number of ketones is 2. The number of benzene rings is 1. The van der Waals surface area contributed by atoms with Crippen molar-refractivity contribution in [2.45, 2.75) is 65.5 Å². The number of allylic oxidation sites excluding steroid dienone is 5. The molecule has 38 heavy (non-hydrogen) atoms. The van der Waals surface area contributed by atoms with Crippen molar-refractivity contribution < 1.29 is 19.5 Å². The number of aromatic amines is 1. The molecule has 1 aromatic heterocycles. The maximum atomic E-state index is 14.2. The van der Waals surface area contributed by atoms with Crippen LogP contribution in [-0.2, 0) is 20.8 Å². The highest BCUT2D eigenvalue weighted by atomic mass is 16.3. The van der Waals surface area contributed by atoms with E-state index in [1.54, 1.807) is 6.92 Å². The first-order valence-electron chi connectivity index (χ1n) is 13.8. The van der Waals surface area contributed by atoms with Gasteiger partial charge in [-0.2, -0.15) is 0 Å². The van der Waals surface area contributed by atoms with E-state index in [4.69, 9.17) is 0 Å². The fourth-order valence-electron chi connectivity index (χ4n) is 7.12. The van der Waals surface area contributed by atoms with E-state index in [1.807, 2.05) is 43.5 Å². The van der Waals surface area contributed by atoms with Crippen LogP contribution in [0.1, 0.15) is 52.5 Å². The van der Waals surface area contributed by atoms with E-state index < -0.39 is 11.5 Å². The molecule has 5 rings (SSSR count). The van der Waals surface area contributed by atoms with Gasteiger partial charge in [0.2, 0.25) is 5.91 Å². The Morgan fingerprint density at radius 3 is 2.58 bits per heavy atom. The van der Waals surface area contributed by atoms with Crippen LogP contribution in [0.25, 0.3) is 10.9 Å². The summed E-state index contributed by atoms with van der Waals surface area (Å²) in [6, 6.07) is 7.89. The van der Waals surface area contributed by atoms with Gasteiger partial charge in [-0.3, -0.25) is 14.4 Å². The summed E-state index contributed by atoms with van der Waals surface area (Å²) in [7, 11) is 0. The first kappa shape index (κ1) is 26.4. The Bertz CT molecular complexity index is 1360. The largest absolute Gasteiger partial charge is 0.381 e. The molecule has 0 unspecified atom stereocenters. The van der Waals surface area contributed by atoms with E-state index in [9.17, 15) is 19.5 Å². The molecule has 7 atom stereocenters. The number of carbonyl (C=O) groups is 3. The summed E-state index contributed by atoms with van der Waals surface area (Å²) in [5, 5.41) is 14.9. The maximum absolute atomic E-state index is 14.2. The van der Waals surface area contributed by atoms with E-state index in [2.05, 4.69) is 42.4 Å². The van der Waals surface area contributed by atoms with Crippen molar-refractivity contribution in [1.82, 2.24) is 10.3 Å². The van der Waals surface area contributed by atoms with Crippen LogP contribution in [0, 0.1) is 29.1 Å². The lowest BCUT2D eigenvalue weighted by molar-refractivity contribution is -0.146. The van der Waals surface area contributed by atoms with Gasteiger partial charge in [-0.25, -0.2) is 0 Å². The average molecular weight is 515 g/mol. The fraction of sp³-hybridized carbons (Fsp3) is 0.469. The third-order valence-electron chi connectivity index (χ3n) is 9.19. The second kappa shape index (κ2) is 10.1. The number of rotatable bonds is 2. The number of hydrogen-bond donors (Lipinski definition) is 3. The van der Waals surface area contributed by atoms with Crippen LogP contribution in [0.2, 0.25) is 0 Å². The van der Waals surface area contributed by atoms with Crippen LogP contribution in [0.15, 0.2) is 65.9 Å².